The molecule has 1 unspecified atom stereocenters. The number of benzene rings is 3. The largest absolute Gasteiger partial charge is 0.497 e. The predicted octanol–water partition coefficient (Wildman–Crippen LogP) is 5.70. The average Bonchev–Trinajstić information content (AvgIpc) is 2.75. The molecule has 0 aromatic heterocycles. The molecular weight excluding hydrogens is 378 g/mol. The molecule has 0 heterocycles. The van der Waals surface area contributed by atoms with Crippen LogP contribution in [0.3, 0.4) is 0 Å². The molecule has 0 radical (unpaired) electrons. The van der Waals surface area contributed by atoms with Gasteiger partial charge in [0.2, 0.25) is 5.91 Å². The summed E-state index contributed by atoms with van der Waals surface area (Å²) in [6.45, 7) is 4.23. The zero-order valence-electron chi connectivity index (χ0n) is 17.1. The molecule has 3 nitrogen and oxygen atoms in total. The van der Waals surface area contributed by atoms with Crippen molar-refractivity contribution in [1.82, 2.24) is 5.32 Å². The van der Waals surface area contributed by atoms with E-state index in [9.17, 15) is 4.79 Å². The van der Waals surface area contributed by atoms with Gasteiger partial charge in [-0.15, -0.1) is 11.8 Å². The molecule has 0 saturated heterocycles. The van der Waals surface area contributed by atoms with Crippen LogP contribution in [0.1, 0.15) is 34.7 Å². The molecule has 0 saturated carbocycles. The summed E-state index contributed by atoms with van der Waals surface area (Å²) in [5, 5.41) is 3.20. The van der Waals surface area contributed by atoms with Gasteiger partial charge in [-0.2, -0.15) is 0 Å². The summed E-state index contributed by atoms with van der Waals surface area (Å²) in [6.07, 6.45) is 0.469. The van der Waals surface area contributed by atoms with Gasteiger partial charge in [0.15, 0.2) is 0 Å². The summed E-state index contributed by atoms with van der Waals surface area (Å²) < 4.78 is 5.26. The molecule has 1 atom stereocenters. The van der Waals surface area contributed by atoms with Crippen molar-refractivity contribution in [1.29, 1.82) is 0 Å². The van der Waals surface area contributed by atoms with Crippen LogP contribution in [-0.4, -0.2) is 18.8 Å². The fourth-order valence-electron chi connectivity index (χ4n) is 3.10. The zero-order valence-corrected chi connectivity index (χ0v) is 18.0. The average molecular weight is 406 g/mol. The molecule has 0 aliphatic heterocycles. The third-order valence-electron chi connectivity index (χ3n) is 4.96. The van der Waals surface area contributed by atoms with E-state index in [1.807, 2.05) is 54.6 Å². The number of hydrogen-bond donors (Lipinski definition) is 1. The van der Waals surface area contributed by atoms with Gasteiger partial charge in [0, 0.05) is 17.1 Å². The van der Waals surface area contributed by atoms with E-state index in [2.05, 4.69) is 37.4 Å². The normalized spacial score (nSPS) is 11.7. The van der Waals surface area contributed by atoms with Crippen molar-refractivity contribution in [2.45, 2.75) is 31.2 Å². The Morgan fingerprint density at radius 1 is 0.931 bits per heavy atom. The Morgan fingerprint density at radius 3 is 2.28 bits per heavy atom. The second-order valence-corrected chi connectivity index (χ2v) is 8.20. The monoisotopic (exact) mass is 405 g/mol. The Bertz CT molecular complexity index is 939. The molecule has 3 aromatic carbocycles. The number of aryl methyl sites for hydroxylation is 2. The molecule has 3 aromatic rings. The van der Waals surface area contributed by atoms with E-state index in [4.69, 9.17) is 4.74 Å². The number of carbonyl (C=O) groups excluding carboxylic acids is 1. The van der Waals surface area contributed by atoms with E-state index < -0.39 is 0 Å². The molecule has 150 valence electrons. The van der Waals surface area contributed by atoms with Gasteiger partial charge in [-0.3, -0.25) is 4.79 Å². The van der Waals surface area contributed by atoms with Gasteiger partial charge in [-0.05, 0) is 60.4 Å². The Labute approximate surface area is 177 Å². The number of hydrogen-bond acceptors (Lipinski definition) is 3. The highest BCUT2D eigenvalue weighted by Gasteiger charge is 2.17. The van der Waals surface area contributed by atoms with Crippen LogP contribution < -0.4 is 10.1 Å². The van der Waals surface area contributed by atoms with Crippen LogP contribution in [0.15, 0.2) is 77.7 Å². The first-order valence-corrected chi connectivity index (χ1v) is 10.7. The highest BCUT2D eigenvalue weighted by molar-refractivity contribution is 7.99. The number of carbonyl (C=O) groups is 1. The lowest BCUT2D eigenvalue weighted by Crippen LogP contribution is -2.29. The summed E-state index contributed by atoms with van der Waals surface area (Å²) in [5.41, 5.74) is 4.67. The molecule has 4 heteroatoms. The molecule has 0 bridgehead atoms. The van der Waals surface area contributed by atoms with E-state index in [0.717, 1.165) is 22.6 Å². The van der Waals surface area contributed by atoms with Crippen molar-refractivity contribution in [3.63, 3.8) is 0 Å². The van der Waals surface area contributed by atoms with Crippen molar-refractivity contribution < 1.29 is 9.53 Å². The standard InChI is InChI=1S/C25H27NO2S/c1-18-9-14-23(17-19(18)2)29-16-15-24(27)26-25(20-7-5-4-6-8-20)21-10-12-22(28-3)13-11-21/h4-14,17,25H,15-16H2,1-3H3,(H,26,27). The van der Waals surface area contributed by atoms with Crippen molar-refractivity contribution >= 4 is 17.7 Å². The molecule has 0 aliphatic carbocycles. The lowest BCUT2D eigenvalue weighted by Gasteiger charge is -2.20. The predicted molar refractivity (Wildman–Crippen MR) is 121 cm³/mol. The Hall–Kier alpha value is -2.72. The minimum absolute atomic E-state index is 0.0472. The number of methoxy groups -OCH3 is 1. The summed E-state index contributed by atoms with van der Waals surface area (Å²) in [7, 11) is 1.65. The van der Waals surface area contributed by atoms with Crippen molar-refractivity contribution in [3.8, 4) is 5.75 Å². The van der Waals surface area contributed by atoms with Crippen LogP contribution in [0.5, 0.6) is 5.75 Å². The second kappa shape index (κ2) is 10.2. The molecule has 29 heavy (non-hydrogen) atoms. The number of rotatable bonds is 8. The van der Waals surface area contributed by atoms with E-state index in [-0.39, 0.29) is 11.9 Å². The molecular formula is C25H27NO2S. The van der Waals surface area contributed by atoms with Crippen molar-refractivity contribution in [2.75, 3.05) is 12.9 Å². The Morgan fingerprint density at radius 2 is 1.62 bits per heavy atom. The van der Waals surface area contributed by atoms with Crippen molar-refractivity contribution in [2.24, 2.45) is 0 Å². The number of amides is 1. The fourth-order valence-corrected chi connectivity index (χ4v) is 4.05. The number of ether oxygens (including phenoxy) is 1. The molecule has 1 amide bonds. The quantitative estimate of drug-likeness (QED) is 0.489. The Balaban J connectivity index is 1.65. The first kappa shape index (κ1) is 21.0. The minimum Gasteiger partial charge on any atom is -0.497 e. The van der Waals surface area contributed by atoms with Gasteiger partial charge in [-0.1, -0.05) is 48.5 Å². The SMILES string of the molecule is COc1ccc(C(NC(=O)CCSc2ccc(C)c(C)c2)c2ccccc2)cc1. The maximum Gasteiger partial charge on any atom is 0.221 e. The maximum atomic E-state index is 12.7. The first-order chi connectivity index (χ1) is 14.1. The lowest BCUT2D eigenvalue weighted by atomic mass is 9.98. The van der Waals surface area contributed by atoms with Gasteiger partial charge >= 0.3 is 0 Å². The number of nitrogens with one attached hydrogen (secondary N) is 1. The van der Waals surface area contributed by atoms with Gasteiger partial charge in [0.25, 0.3) is 0 Å². The Kier molecular flexibility index (Phi) is 7.36. The summed E-state index contributed by atoms with van der Waals surface area (Å²) in [4.78, 5) is 13.9. The van der Waals surface area contributed by atoms with Gasteiger partial charge in [0.05, 0.1) is 13.2 Å². The van der Waals surface area contributed by atoms with E-state index in [1.165, 1.54) is 16.0 Å². The first-order valence-electron chi connectivity index (χ1n) is 9.75. The van der Waals surface area contributed by atoms with Gasteiger partial charge in [0.1, 0.15) is 5.75 Å². The van der Waals surface area contributed by atoms with E-state index in [0.29, 0.717) is 6.42 Å². The maximum absolute atomic E-state index is 12.7. The summed E-state index contributed by atoms with van der Waals surface area (Å²) in [6, 6.07) is 24.2. The second-order valence-electron chi connectivity index (χ2n) is 7.03. The third kappa shape index (κ3) is 5.88. The molecule has 0 spiro atoms. The molecule has 1 N–H and O–H groups in total. The van der Waals surface area contributed by atoms with E-state index >= 15 is 0 Å². The molecule has 3 rings (SSSR count). The topological polar surface area (TPSA) is 38.3 Å². The smallest absolute Gasteiger partial charge is 0.221 e. The highest BCUT2D eigenvalue weighted by atomic mass is 32.2. The fraction of sp³-hybridized carbons (Fsp3) is 0.240. The minimum atomic E-state index is -0.179. The molecule has 0 fully saturated rings. The highest BCUT2D eigenvalue weighted by Crippen LogP contribution is 2.25. The van der Waals surface area contributed by atoms with Crippen LogP contribution in [-0.2, 0) is 4.79 Å². The van der Waals surface area contributed by atoms with Crippen LogP contribution in [0.2, 0.25) is 0 Å². The van der Waals surface area contributed by atoms with Crippen molar-refractivity contribution in [3.05, 3.63) is 95.1 Å². The van der Waals surface area contributed by atoms with Crippen LogP contribution in [0, 0.1) is 13.8 Å². The summed E-state index contributed by atoms with van der Waals surface area (Å²) >= 11 is 1.72. The zero-order chi connectivity index (χ0) is 20.6. The van der Waals surface area contributed by atoms with E-state index in [1.54, 1.807) is 18.9 Å². The lowest BCUT2D eigenvalue weighted by molar-refractivity contribution is -0.121. The van der Waals surface area contributed by atoms with Crippen LogP contribution in [0.4, 0.5) is 0 Å². The molecule has 0 aliphatic rings. The van der Waals surface area contributed by atoms with Crippen LogP contribution in [0.25, 0.3) is 0 Å². The summed E-state index contributed by atoms with van der Waals surface area (Å²) in [5.74, 6) is 1.60. The van der Waals surface area contributed by atoms with Crippen LogP contribution >= 0.6 is 11.8 Å². The van der Waals surface area contributed by atoms with Gasteiger partial charge in [-0.25, -0.2) is 0 Å². The third-order valence-corrected chi connectivity index (χ3v) is 5.96. The number of thioether (sulfide) groups is 1. The van der Waals surface area contributed by atoms with Gasteiger partial charge < -0.3 is 10.1 Å².